The molecule has 5 nitrogen and oxygen atoms in total. The number of hydrogen-bond donors (Lipinski definition) is 0. The third kappa shape index (κ3) is 4.14. The van der Waals surface area contributed by atoms with Gasteiger partial charge in [-0.2, -0.15) is 0 Å². The van der Waals surface area contributed by atoms with Crippen molar-refractivity contribution < 1.29 is 14.0 Å². The van der Waals surface area contributed by atoms with Gasteiger partial charge in [-0.05, 0) is 54.5 Å². The van der Waals surface area contributed by atoms with E-state index in [0.29, 0.717) is 43.9 Å². The summed E-state index contributed by atoms with van der Waals surface area (Å²) in [5, 5.41) is 2.12. The minimum Gasteiger partial charge on any atom is -0.336 e. The van der Waals surface area contributed by atoms with Crippen molar-refractivity contribution in [1.29, 1.82) is 0 Å². The molecule has 1 fully saturated rings. The standard InChI is InChI=1S/C23H28FN3O2S/c1-3-20-18-7-13-30-21(18)6-8-27(20)22(28)15-25-9-11-26(12-10-25)23(29)17-5-4-16(2)19(24)14-17/h4-5,7,13-14,20H,3,6,8-12,15H2,1-2H3. The Morgan fingerprint density at radius 1 is 1.13 bits per heavy atom. The van der Waals surface area contributed by atoms with E-state index in [4.69, 9.17) is 0 Å². The largest absolute Gasteiger partial charge is 0.336 e. The lowest BCUT2D eigenvalue weighted by Crippen LogP contribution is -2.52. The summed E-state index contributed by atoms with van der Waals surface area (Å²) < 4.78 is 13.8. The predicted molar refractivity (Wildman–Crippen MR) is 116 cm³/mol. The molecule has 0 radical (unpaired) electrons. The number of nitrogens with zero attached hydrogens (tertiary/aromatic N) is 3. The van der Waals surface area contributed by atoms with Gasteiger partial charge in [-0.15, -0.1) is 11.3 Å². The van der Waals surface area contributed by atoms with Gasteiger partial charge >= 0.3 is 0 Å². The number of halogens is 1. The van der Waals surface area contributed by atoms with Crippen LogP contribution in [-0.2, 0) is 11.2 Å². The summed E-state index contributed by atoms with van der Waals surface area (Å²) in [5.74, 6) is -0.336. The van der Waals surface area contributed by atoms with Crippen molar-refractivity contribution in [2.24, 2.45) is 0 Å². The van der Waals surface area contributed by atoms with Crippen molar-refractivity contribution >= 4 is 23.2 Å². The van der Waals surface area contributed by atoms with Gasteiger partial charge in [-0.3, -0.25) is 14.5 Å². The van der Waals surface area contributed by atoms with Gasteiger partial charge in [0, 0.05) is 43.2 Å². The molecule has 0 aliphatic carbocycles. The van der Waals surface area contributed by atoms with Gasteiger partial charge in [-0.1, -0.05) is 13.0 Å². The summed E-state index contributed by atoms with van der Waals surface area (Å²) in [4.78, 5) is 33.0. The molecule has 2 aliphatic rings. The van der Waals surface area contributed by atoms with E-state index in [-0.39, 0.29) is 23.7 Å². The monoisotopic (exact) mass is 429 g/mol. The van der Waals surface area contributed by atoms with Crippen LogP contribution >= 0.6 is 11.3 Å². The molecule has 4 rings (SSSR count). The van der Waals surface area contributed by atoms with Crippen LogP contribution in [0.25, 0.3) is 0 Å². The first-order valence-corrected chi connectivity index (χ1v) is 11.5. The van der Waals surface area contributed by atoms with Crippen LogP contribution < -0.4 is 0 Å². The van der Waals surface area contributed by atoms with E-state index in [1.54, 1.807) is 35.3 Å². The quantitative estimate of drug-likeness (QED) is 0.747. The summed E-state index contributed by atoms with van der Waals surface area (Å²) in [6, 6.07) is 6.96. The molecule has 0 spiro atoms. The van der Waals surface area contributed by atoms with E-state index in [0.717, 1.165) is 19.4 Å². The Balaban J connectivity index is 1.33. The van der Waals surface area contributed by atoms with Gasteiger partial charge in [0.1, 0.15) is 5.82 Å². The zero-order chi connectivity index (χ0) is 21.3. The molecule has 1 aromatic heterocycles. The lowest BCUT2D eigenvalue weighted by molar-refractivity contribution is -0.135. The number of amides is 2. The Kier molecular flexibility index (Phi) is 6.20. The minimum absolute atomic E-state index is 0.146. The molecule has 7 heteroatoms. The SMILES string of the molecule is CCC1c2ccsc2CCN1C(=O)CN1CCN(C(=O)c2ccc(C)c(F)c2)CC1. The summed E-state index contributed by atoms with van der Waals surface area (Å²) in [7, 11) is 0. The molecule has 2 aliphatic heterocycles. The first-order chi connectivity index (χ1) is 14.5. The highest BCUT2D eigenvalue weighted by atomic mass is 32.1. The number of thiophene rings is 1. The maximum Gasteiger partial charge on any atom is 0.254 e. The summed E-state index contributed by atoms with van der Waals surface area (Å²) in [6.07, 6.45) is 1.86. The number of benzene rings is 1. The number of fused-ring (bicyclic) bond motifs is 1. The normalized spacial score (nSPS) is 19.6. The molecule has 30 heavy (non-hydrogen) atoms. The van der Waals surface area contributed by atoms with Crippen LogP contribution in [0.4, 0.5) is 4.39 Å². The van der Waals surface area contributed by atoms with E-state index in [1.807, 2.05) is 4.90 Å². The first kappa shape index (κ1) is 21.0. The molecule has 1 atom stereocenters. The Hall–Kier alpha value is -2.25. The number of carbonyl (C=O) groups excluding carboxylic acids is 2. The lowest BCUT2D eigenvalue weighted by Gasteiger charge is -2.39. The summed E-state index contributed by atoms with van der Waals surface area (Å²) >= 11 is 1.79. The molecule has 0 bridgehead atoms. The first-order valence-electron chi connectivity index (χ1n) is 10.6. The van der Waals surface area contributed by atoms with Crippen LogP contribution in [0.2, 0.25) is 0 Å². The predicted octanol–water partition coefficient (Wildman–Crippen LogP) is 3.49. The molecule has 0 N–H and O–H groups in total. The van der Waals surface area contributed by atoms with Gasteiger partial charge in [0.05, 0.1) is 12.6 Å². The topological polar surface area (TPSA) is 43.9 Å². The Labute approximate surface area is 181 Å². The van der Waals surface area contributed by atoms with Crippen LogP contribution in [0, 0.1) is 12.7 Å². The Bertz CT molecular complexity index is 936. The molecule has 3 heterocycles. The average molecular weight is 430 g/mol. The zero-order valence-electron chi connectivity index (χ0n) is 17.6. The minimum atomic E-state index is -0.356. The van der Waals surface area contributed by atoms with Crippen molar-refractivity contribution in [2.45, 2.75) is 32.7 Å². The third-order valence-corrected chi connectivity index (χ3v) is 7.24. The molecule has 160 valence electrons. The van der Waals surface area contributed by atoms with Crippen molar-refractivity contribution in [1.82, 2.24) is 14.7 Å². The molecular formula is C23H28FN3O2S. The number of piperazine rings is 1. The molecule has 2 amide bonds. The molecule has 1 aromatic carbocycles. The molecule has 2 aromatic rings. The summed E-state index contributed by atoms with van der Waals surface area (Å²) in [5.41, 5.74) is 2.23. The van der Waals surface area contributed by atoms with Crippen LogP contribution in [0.1, 0.15) is 45.7 Å². The number of aryl methyl sites for hydroxylation is 1. The third-order valence-electron chi connectivity index (χ3n) is 6.24. The number of carbonyl (C=O) groups is 2. The fraction of sp³-hybridized carbons (Fsp3) is 0.478. The van der Waals surface area contributed by atoms with Crippen molar-refractivity contribution in [2.75, 3.05) is 39.3 Å². The van der Waals surface area contributed by atoms with Crippen LogP contribution in [0.5, 0.6) is 0 Å². The fourth-order valence-corrected chi connectivity index (χ4v) is 5.36. The van der Waals surface area contributed by atoms with Gasteiger partial charge < -0.3 is 9.80 Å². The van der Waals surface area contributed by atoms with Crippen LogP contribution in [-0.4, -0.2) is 65.8 Å². The highest BCUT2D eigenvalue weighted by molar-refractivity contribution is 7.10. The average Bonchev–Trinajstić information content (AvgIpc) is 3.24. The van der Waals surface area contributed by atoms with E-state index in [9.17, 15) is 14.0 Å². The fourth-order valence-electron chi connectivity index (χ4n) is 4.43. The maximum atomic E-state index is 13.8. The van der Waals surface area contributed by atoms with Gasteiger partial charge in [0.25, 0.3) is 5.91 Å². The molecule has 1 saturated heterocycles. The van der Waals surface area contributed by atoms with Gasteiger partial charge in [-0.25, -0.2) is 4.39 Å². The Morgan fingerprint density at radius 2 is 1.90 bits per heavy atom. The highest BCUT2D eigenvalue weighted by Crippen LogP contribution is 2.35. The lowest BCUT2D eigenvalue weighted by atomic mass is 9.97. The highest BCUT2D eigenvalue weighted by Gasteiger charge is 2.32. The second kappa shape index (κ2) is 8.86. The maximum absolute atomic E-state index is 13.8. The summed E-state index contributed by atoms with van der Waals surface area (Å²) in [6.45, 7) is 7.39. The van der Waals surface area contributed by atoms with Gasteiger partial charge in [0.15, 0.2) is 0 Å². The van der Waals surface area contributed by atoms with E-state index in [1.165, 1.54) is 16.5 Å². The van der Waals surface area contributed by atoms with Crippen LogP contribution in [0.3, 0.4) is 0 Å². The van der Waals surface area contributed by atoms with Crippen molar-refractivity contribution in [3.8, 4) is 0 Å². The van der Waals surface area contributed by atoms with E-state index >= 15 is 0 Å². The second-order valence-electron chi connectivity index (χ2n) is 8.09. The van der Waals surface area contributed by atoms with Crippen molar-refractivity contribution in [3.05, 3.63) is 57.0 Å². The van der Waals surface area contributed by atoms with Crippen LogP contribution in [0.15, 0.2) is 29.6 Å². The number of rotatable bonds is 4. The Morgan fingerprint density at radius 3 is 2.60 bits per heavy atom. The second-order valence-corrected chi connectivity index (χ2v) is 9.09. The number of hydrogen-bond acceptors (Lipinski definition) is 4. The van der Waals surface area contributed by atoms with Crippen molar-refractivity contribution in [3.63, 3.8) is 0 Å². The molecular weight excluding hydrogens is 401 g/mol. The van der Waals surface area contributed by atoms with E-state index < -0.39 is 0 Å². The smallest absolute Gasteiger partial charge is 0.254 e. The molecule has 0 saturated carbocycles. The molecule has 1 unspecified atom stereocenters. The zero-order valence-corrected chi connectivity index (χ0v) is 18.4. The van der Waals surface area contributed by atoms with Gasteiger partial charge in [0.2, 0.25) is 5.91 Å². The van der Waals surface area contributed by atoms with E-state index in [2.05, 4.69) is 23.3 Å².